The third kappa shape index (κ3) is 5.39. The van der Waals surface area contributed by atoms with E-state index in [4.69, 9.17) is 25.8 Å². The molecule has 148 valence electrons. The fourth-order valence-electron chi connectivity index (χ4n) is 3.05. The molecule has 0 bridgehead atoms. The summed E-state index contributed by atoms with van der Waals surface area (Å²) in [5.74, 6) is 1.86. The SMILES string of the molecule is COc1cc(C=CC(=O)OC2CCN(c3ccc(Cl)cn3)CC2)cc(OC)c1. The summed E-state index contributed by atoms with van der Waals surface area (Å²) in [6.07, 6.45) is 6.19. The number of aromatic nitrogens is 1. The quantitative estimate of drug-likeness (QED) is 0.538. The van der Waals surface area contributed by atoms with E-state index in [9.17, 15) is 4.79 Å². The van der Waals surface area contributed by atoms with Crippen molar-refractivity contribution in [3.05, 3.63) is 53.2 Å². The molecule has 0 saturated carbocycles. The van der Waals surface area contributed by atoms with Crippen LogP contribution in [0.2, 0.25) is 5.02 Å². The van der Waals surface area contributed by atoms with Crippen LogP contribution in [0.25, 0.3) is 6.08 Å². The van der Waals surface area contributed by atoms with E-state index >= 15 is 0 Å². The second kappa shape index (κ2) is 9.46. The Morgan fingerprint density at radius 3 is 2.39 bits per heavy atom. The van der Waals surface area contributed by atoms with Crippen LogP contribution in [0.4, 0.5) is 5.82 Å². The first-order valence-electron chi connectivity index (χ1n) is 9.05. The highest BCUT2D eigenvalue weighted by Gasteiger charge is 2.22. The molecule has 3 rings (SSSR count). The van der Waals surface area contributed by atoms with E-state index < -0.39 is 0 Å². The van der Waals surface area contributed by atoms with Crippen molar-refractivity contribution in [2.45, 2.75) is 18.9 Å². The second-order valence-corrected chi connectivity index (χ2v) is 6.87. The van der Waals surface area contributed by atoms with Gasteiger partial charge in [-0.2, -0.15) is 0 Å². The van der Waals surface area contributed by atoms with Gasteiger partial charge in [-0.15, -0.1) is 0 Å². The van der Waals surface area contributed by atoms with Crippen LogP contribution in [0.5, 0.6) is 11.5 Å². The molecule has 1 saturated heterocycles. The van der Waals surface area contributed by atoms with Crippen molar-refractivity contribution < 1.29 is 19.0 Å². The van der Waals surface area contributed by atoms with Gasteiger partial charge in [-0.25, -0.2) is 9.78 Å². The highest BCUT2D eigenvalue weighted by Crippen LogP contribution is 2.24. The van der Waals surface area contributed by atoms with E-state index in [1.165, 1.54) is 6.08 Å². The van der Waals surface area contributed by atoms with Crippen molar-refractivity contribution in [1.29, 1.82) is 0 Å². The molecular weight excluding hydrogens is 380 g/mol. The fraction of sp³-hybridized carbons (Fsp3) is 0.333. The fourth-order valence-corrected chi connectivity index (χ4v) is 3.16. The predicted molar refractivity (Wildman–Crippen MR) is 109 cm³/mol. The molecule has 0 radical (unpaired) electrons. The normalized spacial score (nSPS) is 14.9. The Morgan fingerprint density at radius 1 is 1.14 bits per heavy atom. The number of carbonyl (C=O) groups excluding carboxylic acids is 1. The molecule has 2 aromatic rings. The first-order chi connectivity index (χ1) is 13.6. The van der Waals surface area contributed by atoms with E-state index in [2.05, 4.69) is 9.88 Å². The van der Waals surface area contributed by atoms with Crippen LogP contribution >= 0.6 is 11.6 Å². The van der Waals surface area contributed by atoms with Crippen LogP contribution in [0.1, 0.15) is 18.4 Å². The maximum Gasteiger partial charge on any atom is 0.331 e. The molecular formula is C21H23ClN2O4. The molecule has 1 aromatic heterocycles. The minimum Gasteiger partial charge on any atom is -0.497 e. The highest BCUT2D eigenvalue weighted by atomic mass is 35.5. The first kappa shape index (κ1) is 20.0. The van der Waals surface area contributed by atoms with Crippen molar-refractivity contribution in [3.63, 3.8) is 0 Å². The highest BCUT2D eigenvalue weighted by molar-refractivity contribution is 6.30. The van der Waals surface area contributed by atoms with Gasteiger partial charge >= 0.3 is 5.97 Å². The third-order valence-electron chi connectivity index (χ3n) is 4.55. The summed E-state index contributed by atoms with van der Waals surface area (Å²) in [6, 6.07) is 9.15. The Labute approximate surface area is 169 Å². The Bertz CT molecular complexity index is 809. The maximum atomic E-state index is 12.2. The van der Waals surface area contributed by atoms with Crippen LogP contribution in [0.15, 0.2) is 42.6 Å². The van der Waals surface area contributed by atoms with Crippen LogP contribution in [0, 0.1) is 0 Å². The van der Waals surface area contributed by atoms with E-state index in [1.807, 2.05) is 24.3 Å². The van der Waals surface area contributed by atoms with Gasteiger partial charge in [-0.3, -0.25) is 0 Å². The number of nitrogens with zero attached hydrogens (tertiary/aromatic N) is 2. The van der Waals surface area contributed by atoms with E-state index in [0.717, 1.165) is 37.3 Å². The summed E-state index contributed by atoms with van der Waals surface area (Å²) in [7, 11) is 3.17. The molecule has 1 fully saturated rings. The van der Waals surface area contributed by atoms with Crippen LogP contribution in [-0.2, 0) is 9.53 Å². The maximum absolute atomic E-state index is 12.2. The van der Waals surface area contributed by atoms with Gasteiger partial charge in [0.05, 0.1) is 19.2 Å². The molecule has 2 heterocycles. The summed E-state index contributed by atoms with van der Waals surface area (Å²) in [5, 5.41) is 0.619. The average Bonchev–Trinajstić information content (AvgIpc) is 2.73. The largest absolute Gasteiger partial charge is 0.497 e. The number of ether oxygens (including phenoxy) is 3. The number of esters is 1. The number of methoxy groups -OCH3 is 2. The zero-order valence-electron chi connectivity index (χ0n) is 15.9. The van der Waals surface area contributed by atoms with Gasteiger partial charge in [0.2, 0.25) is 0 Å². The van der Waals surface area contributed by atoms with Crippen molar-refractivity contribution in [1.82, 2.24) is 4.98 Å². The van der Waals surface area contributed by atoms with E-state index in [1.54, 1.807) is 32.6 Å². The zero-order chi connectivity index (χ0) is 19.9. The third-order valence-corrected chi connectivity index (χ3v) is 4.77. The van der Waals surface area contributed by atoms with Crippen LogP contribution in [0.3, 0.4) is 0 Å². The van der Waals surface area contributed by atoms with Crippen LogP contribution < -0.4 is 14.4 Å². The van der Waals surface area contributed by atoms with Gasteiger partial charge < -0.3 is 19.1 Å². The summed E-state index contributed by atoms with van der Waals surface area (Å²) in [6.45, 7) is 1.56. The molecule has 1 aliphatic heterocycles. The molecule has 1 aromatic carbocycles. The number of hydrogen-bond acceptors (Lipinski definition) is 6. The van der Waals surface area contributed by atoms with Gasteiger partial charge in [0.15, 0.2) is 0 Å². The topological polar surface area (TPSA) is 60.9 Å². The van der Waals surface area contributed by atoms with Crippen LogP contribution in [-0.4, -0.2) is 44.4 Å². The number of benzene rings is 1. The smallest absolute Gasteiger partial charge is 0.331 e. The number of carbonyl (C=O) groups is 1. The molecule has 0 N–H and O–H groups in total. The molecule has 6 nitrogen and oxygen atoms in total. The van der Waals surface area contributed by atoms with Gasteiger partial charge in [0.25, 0.3) is 0 Å². The lowest BCUT2D eigenvalue weighted by atomic mass is 10.1. The zero-order valence-corrected chi connectivity index (χ0v) is 16.7. The lowest BCUT2D eigenvalue weighted by Crippen LogP contribution is -2.38. The minimum absolute atomic E-state index is 0.0967. The molecule has 0 spiro atoms. The molecule has 0 atom stereocenters. The molecule has 28 heavy (non-hydrogen) atoms. The van der Waals surface area contributed by atoms with E-state index in [-0.39, 0.29) is 12.1 Å². The number of anilines is 1. The summed E-state index contributed by atoms with van der Waals surface area (Å²) in [5.41, 5.74) is 0.803. The molecule has 7 heteroatoms. The number of hydrogen-bond donors (Lipinski definition) is 0. The van der Waals surface area contributed by atoms with Crippen molar-refractivity contribution in [2.75, 3.05) is 32.2 Å². The van der Waals surface area contributed by atoms with Crippen molar-refractivity contribution >= 4 is 29.5 Å². The van der Waals surface area contributed by atoms with Gasteiger partial charge in [0, 0.05) is 44.3 Å². The Balaban J connectivity index is 1.52. The van der Waals surface area contributed by atoms with Gasteiger partial charge in [0.1, 0.15) is 23.4 Å². The first-order valence-corrected chi connectivity index (χ1v) is 9.43. The van der Waals surface area contributed by atoms with Crippen molar-refractivity contribution in [3.8, 4) is 11.5 Å². The average molecular weight is 403 g/mol. The Kier molecular flexibility index (Phi) is 6.76. The minimum atomic E-state index is -0.357. The monoisotopic (exact) mass is 402 g/mol. The van der Waals surface area contributed by atoms with Gasteiger partial charge in [-0.05, 0) is 35.9 Å². The lowest BCUT2D eigenvalue weighted by molar-refractivity contribution is -0.143. The summed E-state index contributed by atoms with van der Waals surface area (Å²) >= 11 is 5.88. The van der Waals surface area contributed by atoms with E-state index in [0.29, 0.717) is 16.5 Å². The second-order valence-electron chi connectivity index (χ2n) is 6.44. The molecule has 0 aliphatic carbocycles. The Morgan fingerprint density at radius 2 is 1.82 bits per heavy atom. The lowest BCUT2D eigenvalue weighted by Gasteiger charge is -2.32. The number of pyridine rings is 1. The summed E-state index contributed by atoms with van der Waals surface area (Å²) in [4.78, 5) is 18.7. The summed E-state index contributed by atoms with van der Waals surface area (Å²) < 4.78 is 16.0. The number of halogens is 1. The standard InChI is InChI=1S/C21H23ClN2O4/c1-26-18-11-15(12-19(13-18)27-2)3-6-21(25)28-17-7-9-24(10-8-17)20-5-4-16(22)14-23-20/h3-6,11-14,17H,7-10H2,1-2H3. The van der Waals surface area contributed by atoms with Gasteiger partial charge in [-0.1, -0.05) is 11.6 Å². The number of rotatable bonds is 6. The molecule has 1 aliphatic rings. The molecule has 0 amide bonds. The Hall–Kier alpha value is -2.73. The predicted octanol–water partition coefficient (Wildman–Crippen LogP) is 3.98. The molecule has 0 unspecified atom stereocenters. The van der Waals surface area contributed by atoms with Crippen molar-refractivity contribution in [2.24, 2.45) is 0 Å². The number of piperidine rings is 1.